The molecule has 1 aromatic carbocycles. The van der Waals surface area contributed by atoms with Crippen LogP contribution in [0.5, 0.6) is 0 Å². The maximum Gasteiger partial charge on any atom is 0.331 e. The smallest absolute Gasteiger partial charge is 0.331 e. The fraction of sp³-hybridized carbons (Fsp3) is 0.556. The maximum atomic E-state index is 12.9. The number of halogens is 1. The number of rotatable bonds is 6. The molecule has 0 spiro atoms. The summed E-state index contributed by atoms with van der Waals surface area (Å²) in [6, 6.07) is 6.19. The number of methoxy groups -OCH3 is 1. The van der Waals surface area contributed by atoms with Gasteiger partial charge in [-0.25, -0.2) is 9.18 Å². The molecule has 0 aromatic heterocycles. The van der Waals surface area contributed by atoms with E-state index in [-0.39, 0.29) is 17.7 Å². The highest BCUT2D eigenvalue weighted by molar-refractivity contribution is 7.99. The van der Waals surface area contributed by atoms with Crippen molar-refractivity contribution in [3.8, 4) is 0 Å². The van der Waals surface area contributed by atoms with Gasteiger partial charge in [0.25, 0.3) is 0 Å². The number of carbonyl (C=O) groups is 2. The van der Waals surface area contributed by atoms with Crippen molar-refractivity contribution in [2.45, 2.75) is 55.4 Å². The summed E-state index contributed by atoms with van der Waals surface area (Å²) in [7, 11) is 1.37. The summed E-state index contributed by atoms with van der Waals surface area (Å²) in [5.41, 5.74) is -0.872. The maximum absolute atomic E-state index is 12.9. The number of benzene rings is 1. The molecule has 0 radical (unpaired) electrons. The number of carbonyl (C=O) groups excluding carboxylic acids is 2. The third kappa shape index (κ3) is 5.23. The first-order valence-electron chi connectivity index (χ1n) is 8.33. The Balaban J connectivity index is 1.88. The quantitative estimate of drug-likeness (QED) is 0.481. The zero-order chi connectivity index (χ0) is 17.4. The van der Waals surface area contributed by atoms with Crippen LogP contribution in [0.15, 0.2) is 29.2 Å². The van der Waals surface area contributed by atoms with Crippen LogP contribution in [0.1, 0.15) is 44.9 Å². The van der Waals surface area contributed by atoms with Gasteiger partial charge in [-0.15, -0.1) is 11.8 Å². The number of ether oxygens (including phenoxy) is 1. The molecule has 4 nitrogen and oxygen atoms in total. The number of esters is 1. The van der Waals surface area contributed by atoms with Gasteiger partial charge in [0.2, 0.25) is 5.91 Å². The van der Waals surface area contributed by atoms with E-state index in [1.165, 1.54) is 31.0 Å². The SMILES string of the molecule is COC(=O)C1(NC(=O)CCSc2ccc(F)cc2)CCCCCC1. The van der Waals surface area contributed by atoms with E-state index in [0.717, 1.165) is 30.6 Å². The number of amides is 1. The molecule has 1 fully saturated rings. The average Bonchev–Trinajstić information content (AvgIpc) is 2.82. The zero-order valence-electron chi connectivity index (χ0n) is 14.0. The lowest BCUT2D eigenvalue weighted by Gasteiger charge is -2.30. The molecule has 0 atom stereocenters. The Morgan fingerprint density at radius 3 is 2.38 bits per heavy atom. The monoisotopic (exact) mass is 353 g/mol. The van der Waals surface area contributed by atoms with E-state index in [4.69, 9.17) is 4.74 Å². The van der Waals surface area contributed by atoms with Crippen molar-refractivity contribution in [3.63, 3.8) is 0 Å². The van der Waals surface area contributed by atoms with E-state index in [0.29, 0.717) is 25.0 Å². The third-order valence-corrected chi connectivity index (χ3v) is 5.34. The molecule has 0 unspecified atom stereocenters. The van der Waals surface area contributed by atoms with Gasteiger partial charge in [0.1, 0.15) is 11.4 Å². The van der Waals surface area contributed by atoms with Crippen LogP contribution in [0.2, 0.25) is 0 Å². The second kappa shape index (κ2) is 9.06. The lowest BCUT2D eigenvalue weighted by molar-refractivity contribution is -0.151. The predicted octanol–water partition coefficient (Wildman–Crippen LogP) is 3.69. The van der Waals surface area contributed by atoms with Crippen LogP contribution in [-0.2, 0) is 14.3 Å². The van der Waals surface area contributed by atoms with Gasteiger partial charge in [0.05, 0.1) is 7.11 Å². The highest BCUT2D eigenvalue weighted by atomic mass is 32.2. The number of hydrogen-bond acceptors (Lipinski definition) is 4. The molecule has 24 heavy (non-hydrogen) atoms. The summed E-state index contributed by atoms with van der Waals surface area (Å²) >= 11 is 1.49. The molecule has 6 heteroatoms. The number of thioether (sulfide) groups is 1. The van der Waals surface area contributed by atoms with Crippen molar-refractivity contribution in [2.24, 2.45) is 0 Å². The third-order valence-electron chi connectivity index (χ3n) is 4.32. The zero-order valence-corrected chi connectivity index (χ0v) is 14.8. The Hall–Kier alpha value is -1.56. The van der Waals surface area contributed by atoms with Gasteiger partial charge in [-0.1, -0.05) is 25.7 Å². The van der Waals surface area contributed by atoms with Crippen molar-refractivity contribution in [3.05, 3.63) is 30.1 Å². The summed E-state index contributed by atoms with van der Waals surface area (Å²) < 4.78 is 17.8. The van der Waals surface area contributed by atoms with Gasteiger partial charge in [0.15, 0.2) is 0 Å². The van der Waals surface area contributed by atoms with Gasteiger partial charge in [0, 0.05) is 17.1 Å². The topological polar surface area (TPSA) is 55.4 Å². The molecule has 1 aromatic rings. The number of hydrogen-bond donors (Lipinski definition) is 1. The van der Waals surface area contributed by atoms with Crippen LogP contribution >= 0.6 is 11.8 Å². The summed E-state index contributed by atoms with van der Waals surface area (Å²) in [4.78, 5) is 25.4. The van der Waals surface area contributed by atoms with Crippen LogP contribution in [0.3, 0.4) is 0 Å². The Morgan fingerprint density at radius 2 is 1.79 bits per heavy atom. The van der Waals surface area contributed by atoms with Crippen molar-refractivity contribution in [1.82, 2.24) is 5.32 Å². The first-order valence-corrected chi connectivity index (χ1v) is 9.32. The van der Waals surface area contributed by atoms with E-state index < -0.39 is 5.54 Å². The van der Waals surface area contributed by atoms with Crippen LogP contribution < -0.4 is 5.32 Å². The Bertz CT molecular complexity index is 554. The predicted molar refractivity (Wildman–Crippen MR) is 92.3 cm³/mol. The molecule has 132 valence electrons. The molecule has 2 rings (SSSR count). The van der Waals surface area contributed by atoms with Crippen molar-refractivity contribution >= 4 is 23.6 Å². The minimum absolute atomic E-state index is 0.142. The summed E-state index contributed by atoms with van der Waals surface area (Å²) in [6.07, 6.45) is 5.57. The van der Waals surface area contributed by atoms with Crippen LogP contribution in [0.4, 0.5) is 4.39 Å². The van der Waals surface area contributed by atoms with E-state index in [1.807, 2.05) is 0 Å². The van der Waals surface area contributed by atoms with Gasteiger partial charge >= 0.3 is 5.97 Å². The standard InChI is InChI=1S/C18H24FNO3S/c1-23-17(22)18(11-4-2-3-5-12-18)20-16(21)10-13-24-15-8-6-14(19)7-9-15/h6-9H,2-5,10-13H2,1H3,(H,20,21). The van der Waals surface area contributed by atoms with Crippen molar-refractivity contribution in [2.75, 3.05) is 12.9 Å². The Labute approximate surface area is 146 Å². The molecule has 0 bridgehead atoms. The fourth-order valence-electron chi connectivity index (χ4n) is 3.03. The molecule has 0 saturated heterocycles. The second-order valence-corrected chi connectivity index (χ2v) is 7.26. The summed E-state index contributed by atoms with van der Waals surface area (Å²) in [6.45, 7) is 0. The molecule has 0 heterocycles. The van der Waals surface area contributed by atoms with Crippen LogP contribution in [-0.4, -0.2) is 30.3 Å². The van der Waals surface area contributed by atoms with Gasteiger partial charge in [-0.05, 0) is 37.1 Å². The molecule has 1 aliphatic carbocycles. The van der Waals surface area contributed by atoms with Crippen LogP contribution in [0.25, 0.3) is 0 Å². The number of nitrogens with one attached hydrogen (secondary N) is 1. The largest absolute Gasteiger partial charge is 0.467 e. The fourth-order valence-corrected chi connectivity index (χ4v) is 3.88. The van der Waals surface area contributed by atoms with E-state index in [9.17, 15) is 14.0 Å². The first-order chi connectivity index (χ1) is 11.6. The molecular weight excluding hydrogens is 329 g/mol. The van der Waals surface area contributed by atoms with Gasteiger partial charge in [-0.3, -0.25) is 4.79 Å². The first kappa shape index (κ1) is 18.8. The van der Waals surface area contributed by atoms with E-state index in [1.54, 1.807) is 12.1 Å². The van der Waals surface area contributed by atoms with Gasteiger partial charge in [-0.2, -0.15) is 0 Å². The van der Waals surface area contributed by atoms with Crippen molar-refractivity contribution < 1.29 is 18.7 Å². The lowest BCUT2D eigenvalue weighted by atomic mass is 9.90. The Kier molecular flexibility index (Phi) is 7.09. The lowest BCUT2D eigenvalue weighted by Crippen LogP contribution is -2.54. The van der Waals surface area contributed by atoms with E-state index in [2.05, 4.69) is 5.32 Å². The van der Waals surface area contributed by atoms with E-state index >= 15 is 0 Å². The van der Waals surface area contributed by atoms with Crippen molar-refractivity contribution in [1.29, 1.82) is 0 Å². The highest BCUT2D eigenvalue weighted by Gasteiger charge is 2.40. The normalized spacial score (nSPS) is 16.9. The molecule has 1 saturated carbocycles. The molecular formula is C18H24FNO3S. The minimum atomic E-state index is -0.872. The van der Waals surface area contributed by atoms with Gasteiger partial charge < -0.3 is 10.1 Å². The molecule has 1 aliphatic rings. The average molecular weight is 353 g/mol. The minimum Gasteiger partial charge on any atom is -0.467 e. The molecule has 0 aliphatic heterocycles. The molecule has 1 amide bonds. The summed E-state index contributed by atoms with van der Waals surface area (Å²) in [5.74, 6) is -0.180. The summed E-state index contributed by atoms with van der Waals surface area (Å²) in [5, 5.41) is 2.93. The second-order valence-electron chi connectivity index (χ2n) is 6.09. The highest BCUT2D eigenvalue weighted by Crippen LogP contribution is 2.28. The molecule has 1 N–H and O–H groups in total. The Morgan fingerprint density at radius 1 is 1.17 bits per heavy atom. The van der Waals surface area contributed by atoms with Crippen LogP contribution in [0, 0.1) is 5.82 Å².